The molecule has 1 aliphatic carbocycles. The van der Waals surface area contributed by atoms with Crippen molar-refractivity contribution >= 4 is 11.5 Å². The van der Waals surface area contributed by atoms with Crippen molar-refractivity contribution in [2.24, 2.45) is 0 Å². The van der Waals surface area contributed by atoms with E-state index in [4.69, 9.17) is 0 Å². The van der Waals surface area contributed by atoms with Crippen LogP contribution in [0, 0.1) is 10.1 Å². The molecule has 0 spiro atoms. The lowest BCUT2D eigenvalue weighted by Crippen LogP contribution is -2.20. The Morgan fingerprint density at radius 1 is 1.20 bits per heavy atom. The van der Waals surface area contributed by atoms with E-state index in [0.717, 1.165) is 18.4 Å². The van der Waals surface area contributed by atoms with Gasteiger partial charge in [-0.1, -0.05) is 12.1 Å². The maximum Gasteiger partial charge on any atom is 0.269 e. The van der Waals surface area contributed by atoms with Gasteiger partial charge in [0.25, 0.3) is 5.69 Å². The SMILES string of the molecule is O=C(c1cccnc1)C1(c2ccc([N+](=O)[O-])cc2)CC1. The number of rotatable bonds is 4. The fraction of sp³-hybridized carbons (Fsp3) is 0.200. The van der Waals surface area contributed by atoms with Crippen molar-refractivity contribution in [3.63, 3.8) is 0 Å². The zero-order valence-corrected chi connectivity index (χ0v) is 10.7. The van der Waals surface area contributed by atoms with Crippen molar-refractivity contribution in [2.75, 3.05) is 0 Å². The first-order valence-electron chi connectivity index (χ1n) is 6.33. The number of nitro benzene ring substituents is 1. The fourth-order valence-corrected chi connectivity index (χ4v) is 2.45. The predicted molar refractivity (Wildman–Crippen MR) is 72.6 cm³/mol. The minimum Gasteiger partial charge on any atom is -0.293 e. The third kappa shape index (κ3) is 1.97. The van der Waals surface area contributed by atoms with E-state index in [0.29, 0.717) is 5.56 Å². The molecule has 1 saturated carbocycles. The maximum atomic E-state index is 12.6. The number of ketones is 1. The number of benzene rings is 1. The number of hydrogen-bond donors (Lipinski definition) is 0. The normalized spacial score (nSPS) is 15.6. The molecule has 0 atom stereocenters. The largest absolute Gasteiger partial charge is 0.293 e. The van der Waals surface area contributed by atoms with Gasteiger partial charge in [0.1, 0.15) is 0 Å². The molecule has 0 radical (unpaired) electrons. The summed E-state index contributed by atoms with van der Waals surface area (Å²) in [6, 6.07) is 9.75. The number of carbonyl (C=O) groups is 1. The molecule has 1 aromatic carbocycles. The van der Waals surface area contributed by atoms with Gasteiger partial charge in [-0.2, -0.15) is 0 Å². The molecule has 1 aromatic heterocycles. The standard InChI is InChI=1S/C15H12N2O3/c18-14(11-2-1-9-16-10-11)15(7-8-15)12-3-5-13(6-4-12)17(19)20/h1-6,9-10H,7-8H2. The van der Waals surface area contributed by atoms with Gasteiger partial charge < -0.3 is 0 Å². The summed E-state index contributed by atoms with van der Waals surface area (Å²) in [6.07, 6.45) is 4.74. The summed E-state index contributed by atoms with van der Waals surface area (Å²) in [6.45, 7) is 0. The van der Waals surface area contributed by atoms with Gasteiger partial charge in [0.15, 0.2) is 5.78 Å². The van der Waals surface area contributed by atoms with Crippen LogP contribution in [-0.2, 0) is 5.41 Å². The van der Waals surface area contributed by atoms with Crippen LogP contribution in [0.4, 0.5) is 5.69 Å². The van der Waals surface area contributed by atoms with Crippen molar-refractivity contribution in [3.05, 3.63) is 70.0 Å². The molecule has 100 valence electrons. The Bertz CT molecular complexity index is 661. The summed E-state index contributed by atoms with van der Waals surface area (Å²) >= 11 is 0. The van der Waals surface area contributed by atoms with Crippen LogP contribution in [0.2, 0.25) is 0 Å². The molecule has 0 N–H and O–H groups in total. The van der Waals surface area contributed by atoms with Crippen LogP contribution >= 0.6 is 0 Å². The summed E-state index contributed by atoms with van der Waals surface area (Å²) in [7, 11) is 0. The second kappa shape index (κ2) is 4.52. The third-order valence-corrected chi connectivity index (χ3v) is 3.74. The Hall–Kier alpha value is -2.56. The third-order valence-electron chi connectivity index (χ3n) is 3.74. The molecule has 0 bridgehead atoms. The first-order chi connectivity index (χ1) is 9.63. The zero-order chi connectivity index (χ0) is 14.2. The van der Waals surface area contributed by atoms with Crippen LogP contribution in [0.1, 0.15) is 28.8 Å². The number of nitrogens with zero attached hydrogens (tertiary/aromatic N) is 2. The van der Waals surface area contributed by atoms with Crippen molar-refractivity contribution in [1.82, 2.24) is 4.98 Å². The van der Waals surface area contributed by atoms with Gasteiger partial charge in [0, 0.05) is 30.1 Å². The van der Waals surface area contributed by atoms with E-state index in [2.05, 4.69) is 4.98 Å². The van der Waals surface area contributed by atoms with Gasteiger partial charge in [0.05, 0.1) is 10.3 Å². The van der Waals surface area contributed by atoms with E-state index in [9.17, 15) is 14.9 Å². The van der Waals surface area contributed by atoms with Crippen molar-refractivity contribution in [3.8, 4) is 0 Å². The number of nitro groups is 1. The molecule has 5 heteroatoms. The van der Waals surface area contributed by atoms with Gasteiger partial charge >= 0.3 is 0 Å². The van der Waals surface area contributed by atoms with Gasteiger partial charge in [0.2, 0.25) is 0 Å². The van der Waals surface area contributed by atoms with Gasteiger partial charge in [-0.3, -0.25) is 19.9 Å². The van der Waals surface area contributed by atoms with Crippen LogP contribution in [0.25, 0.3) is 0 Å². The first-order valence-corrected chi connectivity index (χ1v) is 6.33. The van der Waals surface area contributed by atoms with E-state index in [1.54, 1.807) is 36.7 Å². The molecule has 1 aliphatic rings. The summed E-state index contributed by atoms with van der Waals surface area (Å²) < 4.78 is 0. The Balaban J connectivity index is 1.93. The Morgan fingerprint density at radius 2 is 1.90 bits per heavy atom. The smallest absolute Gasteiger partial charge is 0.269 e. The van der Waals surface area contributed by atoms with Crippen molar-refractivity contribution in [1.29, 1.82) is 0 Å². The quantitative estimate of drug-likeness (QED) is 0.485. The second-order valence-corrected chi connectivity index (χ2v) is 4.96. The zero-order valence-electron chi connectivity index (χ0n) is 10.7. The lowest BCUT2D eigenvalue weighted by molar-refractivity contribution is -0.384. The van der Waals surface area contributed by atoms with E-state index in [-0.39, 0.29) is 11.5 Å². The van der Waals surface area contributed by atoms with Crippen molar-refractivity contribution < 1.29 is 9.72 Å². The van der Waals surface area contributed by atoms with E-state index in [1.807, 2.05) is 0 Å². The van der Waals surface area contributed by atoms with Gasteiger partial charge in [-0.05, 0) is 30.5 Å². The molecule has 0 saturated heterocycles. The molecule has 3 rings (SSSR count). The van der Waals surface area contributed by atoms with E-state index in [1.165, 1.54) is 12.1 Å². The van der Waals surface area contributed by atoms with Crippen LogP contribution < -0.4 is 0 Å². The Labute approximate surface area is 115 Å². The number of Topliss-reactive ketones (excluding diaryl/α,β-unsaturated/α-hetero) is 1. The highest BCUT2D eigenvalue weighted by molar-refractivity contribution is 6.06. The molecular formula is C15H12N2O3. The maximum absolute atomic E-state index is 12.6. The van der Waals surface area contributed by atoms with Crippen LogP contribution in [0.3, 0.4) is 0 Å². The Morgan fingerprint density at radius 3 is 2.40 bits per heavy atom. The summed E-state index contributed by atoms with van der Waals surface area (Å²) in [5.41, 5.74) is 0.955. The number of aromatic nitrogens is 1. The number of hydrogen-bond acceptors (Lipinski definition) is 4. The highest BCUT2D eigenvalue weighted by Crippen LogP contribution is 2.50. The minimum absolute atomic E-state index is 0.0402. The Kier molecular flexibility index (Phi) is 2.82. The molecule has 0 aliphatic heterocycles. The second-order valence-electron chi connectivity index (χ2n) is 4.96. The highest BCUT2D eigenvalue weighted by Gasteiger charge is 2.51. The van der Waals surface area contributed by atoms with E-state index < -0.39 is 10.3 Å². The molecule has 20 heavy (non-hydrogen) atoms. The average Bonchev–Trinajstić information content (AvgIpc) is 3.29. The average molecular weight is 268 g/mol. The molecule has 1 fully saturated rings. The lowest BCUT2D eigenvalue weighted by atomic mass is 9.88. The van der Waals surface area contributed by atoms with Gasteiger partial charge in [-0.25, -0.2) is 0 Å². The van der Waals surface area contributed by atoms with Gasteiger partial charge in [-0.15, -0.1) is 0 Å². The van der Waals surface area contributed by atoms with Crippen LogP contribution in [0.5, 0.6) is 0 Å². The number of carbonyl (C=O) groups excluding carboxylic acids is 1. The molecule has 0 amide bonds. The first kappa shape index (κ1) is 12.5. The minimum atomic E-state index is -0.516. The van der Waals surface area contributed by atoms with E-state index >= 15 is 0 Å². The summed E-state index contributed by atoms with van der Waals surface area (Å²) in [5, 5.41) is 10.7. The number of non-ortho nitro benzene ring substituents is 1. The topological polar surface area (TPSA) is 73.1 Å². The molecular weight excluding hydrogens is 256 g/mol. The molecule has 2 aromatic rings. The molecule has 0 unspecified atom stereocenters. The summed E-state index contributed by atoms with van der Waals surface area (Å²) in [4.78, 5) is 26.8. The highest BCUT2D eigenvalue weighted by atomic mass is 16.6. The predicted octanol–water partition coefficient (Wildman–Crippen LogP) is 2.90. The fourth-order valence-electron chi connectivity index (χ4n) is 2.45. The lowest BCUT2D eigenvalue weighted by Gasteiger charge is -2.14. The monoisotopic (exact) mass is 268 g/mol. The van der Waals surface area contributed by atoms with Crippen LogP contribution in [-0.4, -0.2) is 15.7 Å². The summed E-state index contributed by atoms with van der Waals surface area (Å²) in [5.74, 6) is 0.0412. The number of pyridine rings is 1. The van der Waals surface area contributed by atoms with Crippen LogP contribution in [0.15, 0.2) is 48.8 Å². The molecule has 5 nitrogen and oxygen atoms in total. The molecule has 1 heterocycles. The van der Waals surface area contributed by atoms with Crippen molar-refractivity contribution in [2.45, 2.75) is 18.3 Å².